The Balaban J connectivity index is 0.000000155. The van der Waals surface area contributed by atoms with Crippen molar-refractivity contribution in [3.63, 3.8) is 0 Å². The summed E-state index contributed by atoms with van der Waals surface area (Å²) in [4.78, 5) is 190. The standard InChI is InChI=1S/3C34H29N3O7S.C2H4O2/c3*1-5-43-33(41)27-19(2)35-34-37(29(27)22-15-16-25(44-20(3)38)26(17-22)42-4)32(40)30(45-34)28-23-13-9-10-14-24(23)36(31(28)39)18-21-11-7-6-8-12-21;1-2(3)4/h3*6-17,29H,5,18H2,1-4H3;1H3,(H,3,4)/b3*30-28-;. The molecule has 3 aromatic heterocycles. The molecule has 6 aliphatic rings. The molecule has 9 heterocycles. The number of hydrogen-bond donors (Lipinski definition) is 1. The number of carbonyl (C=O) groups excluding carboxylic acids is 9. The number of allylic oxidation sites excluding steroid dienone is 3. The van der Waals surface area contributed by atoms with Gasteiger partial charge in [-0.05, 0) is 130 Å². The molecular weight excluding hydrogens is 1840 g/mol. The number of carboxylic acids is 1. The van der Waals surface area contributed by atoms with E-state index in [0.29, 0.717) is 102 Å². The predicted octanol–water partition coefficient (Wildman–Crippen LogP) is 11.0. The first-order chi connectivity index (χ1) is 66.9. The number of esters is 6. The maximum atomic E-state index is 14.5. The predicted molar refractivity (Wildman–Crippen MR) is 516 cm³/mol. The van der Waals surface area contributed by atoms with Crippen molar-refractivity contribution >= 4 is 127 Å². The van der Waals surface area contributed by atoms with Gasteiger partial charge in [0, 0.05) is 44.4 Å². The Kier molecular flexibility index (Phi) is 29.2. The maximum Gasteiger partial charge on any atom is 0.338 e. The molecular formula is C104H91N9O23S3. The first-order valence-electron chi connectivity index (χ1n) is 43.7. The number of thiazole rings is 3. The lowest BCUT2D eigenvalue weighted by Crippen LogP contribution is -2.41. The van der Waals surface area contributed by atoms with E-state index < -0.39 is 76.6 Å². The summed E-state index contributed by atoms with van der Waals surface area (Å²) in [6.07, 6.45) is 0. The van der Waals surface area contributed by atoms with E-state index in [4.69, 9.17) is 52.5 Å². The minimum atomic E-state index is -0.956. The van der Waals surface area contributed by atoms with Crippen LogP contribution in [0.2, 0.25) is 0 Å². The molecule has 0 saturated heterocycles. The van der Waals surface area contributed by atoms with E-state index in [0.717, 1.165) is 57.6 Å². The van der Waals surface area contributed by atoms with Gasteiger partial charge in [-0.15, -0.1) is 0 Å². The number of nitrogens with zero attached hydrogens (tertiary/aromatic N) is 9. The Hall–Kier alpha value is -16.4. The average molecular weight is 1930 g/mol. The number of anilines is 3. The van der Waals surface area contributed by atoms with Gasteiger partial charge in [0.15, 0.2) is 48.9 Å². The highest BCUT2D eigenvalue weighted by molar-refractivity contribution is 7.08. The molecule has 3 atom stereocenters. The van der Waals surface area contributed by atoms with Gasteiger partial charge < -0.3 is 62.4 Å². The van der Waals surface area contributed by atoms with Crippen LogP contribution in [-0.4, -0.2) is 119 Å². The van der Waals surface area contributed by atoms with Crippen molar-refractivity contribution in [2.75, 3.05) is 55.8 Å². The average Bonchev–Trinajstić information content (AvgIpc) is 1.58. The second kappa shape index (κ2) is 41.8. The SMILES string of the molecule is CC(=O)O.CCOC(=O)C1=C(C)N=c2s/c(=C3\C(=O)N(Cc4ccccc4)c4ccccc43)c(=O)n2C1c1ccc(OC(C)=O)c(OC)c1.CCOC(=O)C1=C(C)N=c2s/c(=C3\C(=O)N(Cc4ccccc4)c4ccccc43)c(=O)n2C1c1ccc(OC(C)=O)c(OC)c1.CCOC(=O)C1=C(C)N=c2s/c(=C3\C(=O)N(Cc4ccccc4)c4ccccc43)c(=O)n2C1c1ccc(OC(C)=O)c(OC)c1. The van der Waals surface area contributed by atoms with Gasteiger partial charge in [0.05, 0.1) is 147 Å². The molecule has 0 aliphatic carbocycles. The van der Waals surface area contributed by atoms with E-state index in [2.05, 4.69) is 15.0 Å². The summed E-state index contributed by atoms with van der Waals surface area (Å²) in [7, 11) is 4.28. The zero-order valence-corrected chi connectivity index (χ0v) is 79.9. The van der Waals surface area contributed by atoms with Crippen molar-refractivity contribution in [1.82, 2.24) is 13.7 Å². The molecule has 0 saturated carbocycles. The fourth-order valence-electron chi connectivity index (χ4n) is 17.0. The van der Waals surface area contributed by atoms with Crippen LogP contribution in [0.3, 0.4) is 0 Å². The van der Waals surface area contributed by atoms with Crippen LogP contribution in [0.25, 0.3) is 16.7 Å². The molecule has 1 N–H and O–H groups in total. The van der Waals surface area contributed by atoms with Crippen LogP contribution < -0.4 is 87.8 Å². The fraction of sp³-hybridized carbons (Fsp3) is 0.212. The van der Waals surface area contributed by atoms with Gasteiger partial charge >= 0.3 is 35.8 Å². The molecule has 12 aromatic rings. The van der Waals surface area contributed by atoms with Crippen molar-refractivity contribution < 1.29 is 95.7 Å². The molecule has 708 valence electrons. The van der Waals surface area contributed by atoms with Gasteiger partial charge in [0.2, 0.25) is 0 Å². The molecule has 3 unspecified atom stereocenters. The number of para-hydroxylation sites is 3. The quantitative estimate of drug-likeness (QED) is 0.0396. The lowest BCUT2D eigenvalue weighted by molar-refractivity contribution is -0.140. The van der Waals surface area contributed by atoms with Gasteiger partial charge in [-0.2, -0.15) is 0 Å². The third kappa shape index (κ3) is 19.5. The van der Waals surface area contributed by atoms with Crippen LogP contribution in [0.15, 0.2) is 282 Å². The molecule has 0 fully saturated rings. The summed E-state index contributed by atoms with van der Waals surface area (Å²) in [5.41, 5.74) is 9.50. The molecule has 9 aromatic carbocycles. The molecule has 0 bridgehead atoms. The highest BCUT2D eigenvalue weighted by Gasteiger charge is 2.43. The monoisotopic (exact) mass is 1930 g/mol. The van der Waals surface area contributed by atoms with E-state index in [1.54, 1.807) is 111 Å². The number of hydrogen-bond acceptors (Lipinski definition) is 28. The number of ether oxygens (including phenoxy) is 9. The number of amides is 3. The Morgan fingerprint density at radius 3 is 0.806 bits per heavy atom. The minimum Gasteiger partial charge on any atom is -0.493 e. The van der Waals surface area contributed by atoms with Gasteiger partial charge in [-0.25, -0.2) is 29.4 Å². The molecule has 139 heavy (non-hydrogen) atoms. The van der Waals surface area contributed by atoms with E-state index in [1.807, 2.05) is 164 Å². The van der Waals surface area contributed by atoms with Crippen molar-refractivity contribution in [1.29, 1.82) is 0 Å². The van der Waals surface area contributed by atoms with E-state index in [-0.39, 0.29) is 119 Å². The van der Waals surface area contributed by atoms with Crippen LogP contribution in [-0.2, 0) is 81.8 Å². The zero-order chi connectivity index (χ0) is 99.1. The van der Waals surface area contributed by atoms with E-state index in [9.17, 15) is 57.5 Å². The second-order valence-electron chi connectivity index (χ2n) is 31.7. The normalized spacial score (nSPS) is 16.3. The summed E-state index contributed by atoms with van der Waals surface area (Å²) >= 11 is 3.29. The highest BCUT2D eigenvalue weighted by atomic mass is 32.1. The van der Waals surface area contributed by atoms with Gasteiger partial charge in [0.25, 0.3) is 40.4 Å². The van der Waals surface area contributed by atoms with Crippen LogP contribution in [0.1, 0.15) is 137 Å². The summed E-state index contributed by atoms with van der Waals surface area (Å²) in [5.74, 6) is -3.89. The summed E-state index contributed by atoms with van der Waals surface area (Å²) in [6.45, 7) is 16.4. The number of rotatable bonds is 21. The lowest BCUT2D eigenvalue weighted by atomic mass is 9.95. The Bertz CT molecular complexity index is 7070. The molecule has 0 radical (unpaired) electrons. The Labute approximate surface area is 805 Å². The molecule has 3 amide bonds. The van der Waals surface area contributed by atoms with Gasteiger partial charge in [-0.1, -0.05) is 198 Å². The lowest BCUT2D eigenvalue weighted by Gasteiger charge is -2.25. The summed E-state index contributed by atoms with van der Waals surface area (Å²) in [5, 5.41) is 7.42. The van der Waals surface area contributed by atoms with Crippen molar-refractivity contribution in [3.05, 3.63) is 361 Å². The third-order valence-corrected chi connectivity index (χ3v) is 25.9. The van der Waals surface area contributed by atoms with Crippen LogP contribution in [0, 0.1) is 0 Å². The smallest absolute Gasteiger partial charge is 0.338 e. The zero-order valence-electron chi connectivity index (χ0n) is 77.4. The van der Waals surface area contributed by atoms with Gasteiger partial charge in [-0.3, -0.25) is 61.6 Å². The number of methoxy groups -OCH3 is 3. The summed E-state index contributed by atoms with van der Waals surface area (Å²) in [6, 6.07) is 62.6. The van der Waals surface area contributed by atoms with Crippen molar-refractivity contribution in [3.8, 4) is 34.5 Å². The largest absolute Gasteiger partial charge is 0.493 e. The van der Waals surface area contributed by atoms with Crippen LogP contribution in [0.4, 0.5) is 17.1 Å². The molecule has 35 heteroatoms. The number of carboxylic acid groups (broad SMARTS) is 1. The number of benzene rings is 9. The Morgan fingerprint density at radius 1 is 0.338 bits per heavy atom. The maximum absolute atomic E-state index is 14.5. The van der Waals surface area contributed by atoms with Crippen molar-refractivity contribution in [2.45, 2.75) is 107 Å². The van der Waals surface area contributed by atoms with E-state index in [1.165, 1.54) is 55.8 Å². The van der Waals surface area contributed by atoms with Gasteiger partial charge in [0.1, 0.15) is 13.6 Å². The van der Waals surface area contributed by atoms with E-state index >= 15 is 0 Å². The molecule has 18 rings (SSSR count). The third-order valence-electron chi connectivity index (χ3n) is 22.8. The van der Waals surface area contributed by atoms with Crippen LogP contribution >= 0.6 is 34.0 Å². The second-order valence-corrected chi connectivity index (χ2v) is 34.6. The molecule has 32 nitrogen and oxygen atoms in total. The van der Waals surface area contributed by atoms with Crippen LogP contribution in [0.5, 0.6) is 34.5 Å². The number of carbonyl (C=O) groups is 10. The highest BCUT2D eigenvalue weighted by Crippen LogP contribution is 2.44. The summed E-state index contributed by atoms with van der Waals surface area (Å²) < 4.78 is 53.4. The number of aromatic nitrogens is 3. The first kappa shape index (κ1) is 97.2. The number of aliphatic carboxylic acids is 1. The first-order valence-corrected chi connectivity index (χ1v) is 46.2. The Morgan fingerprint density at radius 2 is 0.576 bits per heavy atom. The molecule has 0 spiro atoms. The van der Waals surface area contributed by atoms with Crippen molar-refractivity contribution in [2.24, 2.45) is 15.0 Å². The number of fused-ring (bicyclic) bond motifs is 6. The fourth-order valence-corrected chi connectivity index (χ4v) is 20.4. The topological polar surface area (TPSA) is 387 Å². The minimum absolute atomic E-state index is 0.119. The molecule has 6 aliphatic heterocycles.